The summed E-state index contributed by atoms with van der Waals surface area (Å²) < 4.78 is 0. The Morgan fingerprint density at radius 1 is 1.21 bits per heavy atom. The van der Waals surface area contributed by atoms with Gasteiger partial charge in [0.25, 0.3) is 0 Å². The lowest BCUT2D eigenvalue weighted by Crippen LogP contribution is -2.34. The first kappa shape index (κ1) is 14.8. The Morgan fingerprint density at radius 3 is 2.26 bits per heavy atom. The van der Waals surface area contributed by atoms with Crippen molar-refractivity contribution in [1.29, 1.82) is 0 Å². The minimum Gasteiger partial charge on any atom is -0.478 e. The second kappa shape index (κ2) is 7.20. The molecule has 0 radical (unpaired) electrons. The number of carboxylic acid groups (broad SMARTS) is 1. The lowest BCUT2D eigenvalue weighted by atomic mass is 10.2. The third-order valence-electron chi connectivity index (χ3n) is 2.63. The highest BCUT2D eigenvalue weighted by molar-refractivity contribution is 5.89. The Morgan fingerprint density at radius 2 is 1.79 bits per heavy atom. The Bertz CT molecular complexity index is 462. The Balaban J connectivity index is 2.66. The lowest BCUT2D eigenvalue weighted by molar-refractivity contribution is -0.131. The predicted octanol–water partition coefficient (Wildman–Crippen LogP) is 2.66. The molecule has 2 amide bonds. The number of amides is 2. The van der Waals surface area contributed by atoms with Gasteiger partial charge in [-0.3, -0.25) is 0 Å². The van der Waals surface area contributed by atoms with Crippen LogP contribution in [0.3, 0.4) is 0 Å². The molecule has 0 bridgehead atoms. The van der Waals surface area contributed by atoms with E-state index < -0.39 is 5.97 Å². The van der Waals surface area contributed by atoms with Gasteiger partial charge in [-0.1, -0.05) is 12.1 Å². The van der Waals surface area contributed by atoms with Gasteiger partial charge in [0.15, 0.2) is 0 Å². The van der Waals surface area contributed by atoms with Gasteiger partial charge in [0.2, 0.25) is 0 Å². The number of rotatable bonds is 5. The minimum atomic E-state index is -0.987. The second-order valence-corrected chi connectivity index (χ2v) is 3.90. The van der Waals surface area contributed by atoms with E-state index in [4.69, 9.17) is 5.11 Å². The van der Waals surface area contributed by atoms with Crippen LogP contribution in [0.1, 0.15) is 19.4 Å². The topological polar surface area (TPSA) is 69.6 Å². The smallest absolute Gasteiger partial charge is 0.328 e. The van der Waals surface area contributed by atoms with E-state index in [0.717, 1.165) is 11.6 Å². The van der Waals surface area contributed by atoms with Crippen LogP contribution in [-0.4, -0.2) is 35.1 Å². The normalized spacial score (nSPS) is 10.4. The van der Waals surface area contributed by atoms with E-state index in [9.17, 15) is 9.59 Å². The molecule has 5 heteroatoms. The summed E-state index contributed by atoms with van der Waals surface area (Å²) in [6, 6.07) is 6.83. The molecule has 0 heterocycles. The van der Waals surface area contributed by atoms with Crippen LogP contribution in [0.15, 0.2) is 30.3 Å². The maximum atomic E-state index is 11.8. The monoisotopic (exact) mass is 262 g/mol. The Hall–Kier alpha value is -2.30. The molecular weight excluding hydrogens is 244 g/mol. The van der Waals surface area contributed by atoms with E-state index in [-0.39, 0.29) is 6.03 Å². The van der Waals surface area contributed by atoms with Gasteiger partial charge < -0.3 is 15.3 Å². The van der Waals surface area contributed by atoms with Crippen molar-refractivity contribution in [3.05, 3.63) is 35.9 Å². The molecule has 0 aliphatic carbocycles. The molecule has 0 spiro atoms. The van der Waals surface area contributed by atoms with Crippen LogP contribution in [0.5, 0.6) is 0 Å². The van der Waals surface area contributed by atoms with Gasteiger partial charge in [0, 0.05) is 24.9 Å². The fourth-order valence-corrected chi connectivity index (χ4v) is 1.56. The number of aliphatic carboxylic acids is 1. The van der Waals surface area contributed by atoms with Crippen molar-refractivity contribution >= 4 is 23.8 Å². The van der Waals surface area contributed by atoms with E-state index >= 15 is 0 Å². The van der Waals surface area contributed by atoms with Crippen LogP contribution in [-0.2, 0) is 4.79 Å². The van der Waals surface area contributed by atoms with Gasteiger partial charge in [-0.05, 0) is 37.6 Å². The van der Waals surface area contributed by atoms with Crippen LogP contribution >= 0.6 is 0 Å². The molecule has 0 unspecified atom stereocenters. The van der Waals surface area contributed by atoms with E-state index in [1.165, 1.54) is 6.08 Å². The molecule has 0 aromatic heterocycles. The number of nitrogens with one attached hydrogen (secondary N) is 1. The van der Waals surface area contributed by atoms with Crippen molar-refractivity contribution < 1.29 is 14.7 Å². The van der Waals surface area contributed by atoms with Crippen LogP contribution in [0.2, 0.25) is 0 Å². The highest BCUT2D eigenvalue weighted by atomic mass is 16.4. The van der Waals surface area contributed by atoms with E-state index in [1.807, 2.05) is 13.8 Å². The van der Waals surface area contributed by atoms with Crippen molar-refractivity contribution in [2.24, 2.45) is 0 Å². The first-order valence-electron chi connectivity index (χ1n) is 6.13. The molecule has 5 nitrogen and oxygen atoms in total. The molecule has 0 atom stereocenters. The third kappa shape index (κ3) is 4.83. The number of carboxylic acids is 1. The van der Waals surface area contributed by atoms with Crippen molar-refractivity contribution in [1.82, 2.24) is 4.90 Å². The summed E-state index contributed by atoms with van der Waals surface area (Å²) in [5.74, 6) is -0.987. The second-order valence-electron chi connectivity index (χ2n) is 3.90. The van der Waals surface area contributed by atoms with Crippen LogP contribution in [0.25, 0.3) is 6.08 Å². The number of urea groups is 1. The summed E-state index contributed by atoms with van der Waals surface area (Å²) in [6.07, 6.45) is 2.57. The molecule has 0 saturated carbocycles. The molecule has 1 aromatic rings. The van der Waals surface area contributed by atoms with Crippen molar-refractivity contribution in [2.75, 3.05) is 18.4 Å². The first-order valence-corrected chi connectivity index (χ1v) is 6.13. The van der Waals surface area contributed by atoms with Gasteiger partial charge in [-0.25, -0.2) is 9.59 Å². The Labute approximate surface area is 112 Å². The van der Waals surface area contributed by atoms with E-state index in [0.29, 0.717) is 18.8 Å². The number of hydrogen-bond acceptors (Lipinski definition) is 2. The maximum absolute atomic E-state index is 11.8. The molecule has 102 valence electrons. The first-order chi connectivity index (χ1) is 9.06. The third-order valence-corrected chi connectivity index (χ3v) is 2.63. The predicted molar refractivity (Wildman–Crippen MR) is 75.1 cm³/mol. The quantitative estimate of drug-likeness (QED) is 0.801. The number of carbonyl (C=O) groups is 2. The van der Waals surface area contributed by atoms with Gasteiger partial charge in [-0.15, -0.1) is 0 Å². The standard InChI is InChI=1S/C14H18N2O3/c1-3-16(4-2)14(19)15-12-8-5-11(6-9-12)7-10-13(17)18/h5-10H,3-4H2,1-2H3,(H,15,19)(H,17,18)/b10-7+. The van der Waals surface area contributed by atoms with Gasteiger partial charge >= 0.3 is 12.0 Å². The van der Waals surface area contributed by atoms with Crippen molar-refractivity contribution in [3.63, 3.8) is 0 Å². The number of hydrogen-bond donors (Lipinski definition) is 2. The molecule has 1 rings (SSSR count). The molecule has 2 N–H and O–H groups in total. The number of nitrogens with zero attached hydrogens (tertiary/aromatic N) is 1. The fraction of sp³-hybridized carbons (Fsp3) is 0.286. The summed E-state index contributed by atoms with van der Waals surface area (Å²) in [4.78, 5) is 23.9. The molecule has 0 fully saturated rings. The zero-order valence-corrected chi connectivity index (χ0v) is 11.1. The van der Waals surface area contributed by atoms with Crippen LogP contribution in [0.4, 0.5) is 10.5 Å². The number of anilines is 1. The summed E-state index contributed by atoms with van der Waals surface area (Å²) in [6.45, 7) is 5.15. The molecule has 0 aliphatic rings. The molecule has 1 aromatic carbocycles. The van der Waals surface area contributed by atoms with E-state index in [2.05, 4.69) is 5.32 Å². The Kier molecular flexibility index (Phi) is 5.60. The van der Waals surface area contributed by atoms with Crippen LogP contribution in [0, 0.1) is 0 Å². The van der Waals surface area contributed by atoms with Gasteiger partial charge in [0.05, 0.1) is 0 Å². The molecule has 0 saturated heterocycles. The highest BCUT2D eigenvalue weighted by Gasteiger charge is 2.08. The molecule has 19 heavy (non-hydrogen) atoms. The van der Waals surface area contributed by atoms with Crippen molar-refractivity contribution in [2.45, 2.75) is 13.8 Å². The zero-order valence-electron chi connectivity index (χ0n) is 11.1. The maximum Gasteiger partial charge on any atom is 0.328 e. The number of benzene rings is 1. The van der Waals surface area contributed by atoms with Crippen molar-refractivity contribution in [3.8, 4) is 0 Å². The molecule has 0 aliphatic heterocycles. The van der Waals surface area contributed by atoms with Crippen LogP contribution < -0.4 is 5.32 Å². The van der Waals surface area contributed by atoms with Gasteiger partial charge in [0.1, 0.15) is 0 Å². The van der Waals surface area contributed by atoms with Gasteiger partial charge in [-0.2, -0.15) is 0 Å². The molecular formula is C14H18N2O3. The lowest BCUT2D eigenvalue weighted by Gasteiger charge is -2.19. The summed E-state index contributed by atoms with van der Waals surface area (Å²) in [5, 5.41) is 11.3. The SMILES string of the molecule is CCN(CC)C(=O)Nc1ccc(/C=C/C(=O)O)cc1. The fourth-order valence-electron chi connectivity index (χ4n) is 1.56. The highest BCUT2D eigenvalue weighted by Crippen LogP contribution is 2.11. The minimum absolute atomic E-state index is 0.140. The number of carbonyl (C=O) groups excluding carboxylic acids is 1. The average molecular weight is 262 g/mol. The summed E-state index contributed by atoms with van der Waals surface area (Å²) in [7, 11) is 0. The van der Waals surface area contributed by atoms with E-state index in [1.54, 1.807) is 29.2 Å². The summed E-state index contributed by atoms with van der Waals surface area (Å²) in [5.41, 5.74) is 1.45. The zero-order chi connectivity index (χ0) is 14.3. The summed E-state index contributed by atoms with van der Waals surface area (Å²) >= 11 is 0. The largest absolute Gasteiger partial charge is 0.478 e. The average Bonchev–Trinajstić information content (AvgIpc) is 2.39.